The molecule has 170 valence electrons. The predicted octanol–water partition coefficient (Wildman–Crippen LogP) is 8.32. The minimum atomic E-state index is -4.61. The Hall–Kier alpha value is 0.540. The summed E-state index contributed by atoms with van der Waals surface area (Å²) < 4.78 is 86.1. The van der Waals surface area contributed by atoms with Gasteiger partial charge in [0.05, 0.1) is 10.8 Å². The van der Waals surface area contributed by atoms with Gasteiger partial charge in [-0.2, -0.15) is 26.3 Å². The summed E-state index contributed by atoms with van der Waals surface area (Å²) >= 11 is 7.46. The molecule has 8 saturated carbocycles. The Labute approximate surface area is 189 Å². The lowest BCUT2D eigenvalue weighted by Gasteiger charge is -2.76. The van der Waals surface area contributed by atoms with Crippen molar-refractivity contribution < 1.29 is 26.3 Å². The molecule has 0 aromatic carbocycles. The van der Waals surface area contributed by atoms with Gasteiger partial charge in [0.15, 0.2) is 0 Å². The third-order valence-corrected chi connectivity index (χ3v) is 12.1. The number of hydrogen-bond donors (Lipinski definition) is 0. The molecule has 0 aromatic rings. The third kappa shape index (κ3) is 2.47. The molecule has 8 bridgehead atoms. The first kappa shape index (κ1) is 21.1. The van der Waals surface area contributed by atoms with Crippen LogP contribution in [-0.4, -0.2) is 21.0 Å². The molecule has 0 aliphatic heterocycles. The molecule has 8 aliphatic carbocycles. The topological polar surface area (TPSA) is 0 Å². The number of alkyl halides is 8. The lowest BCUT2D eigenvalue weighted by molar-refractivity contribution is -0.365. The van der Waals surface area contributed by atoms with Gasteiger partial charge in [-0.25, -0.2) is 0 Å². The van der Waals surface area contributed by atoms with Crippen LogP contribution in [0.15, 0.2) is 0 Å². The summed E-state index contributed by atoms with van der Waals surface area (Å²) in [6.45, 7) is 0. The van der Waals surface area contributed by atoms with Gasteiger partial charge in [0, 0.05) is 8.65 Å². The van der Waals surface area contributed by atoms with E-state index in [4.69, 9.17) is 0 Å². The second-order valence-corrected chi connectivity index (χ2v) is 15.8. The van der Waals surface area contributed by atoms with Crippen LogP contribution in [0.25, 0.3) is 0 Å². The third-order valence-electron chi connectivity index (χ3n) is 10.3. The van der Waals surface area contributed by atoms with E-state index < -0.39 is 44.8 Å². The Kier molecular flexibility index (Phi) is 3.82. The summed E-state index contributed by atoms with van der Waals surface area (Å²) in [4.78, 5) is 0. The summed E-state index contributed by atoms with van der Waals surface area (Å²) in [5.41, 5.74) is -5.71. The molecule has 0 heterocycles. The van der Waals surface area contributed by atoms with Gasteiger partial charge in [-0.15, -0.1) is 0 Å². The van der Waals surface area contributed by atoms with E-state index in [-0.39, 0.29) is 30.0 Å². The lowest BCUT2D eigenvalue weighted by atomic mass is 9.30. The average Bonchev–Trinajstić information content (AvgIpc) is 2.47. The average molecular weight is 564 g/mol. The fourth-order valence-corrected chi connectivity index (χ4v) is 13.5. The molecule has 8 rings (SSSR count). The van der Waals surface area contributed by atoms with Crippen LogP contribution in [0.1, 0.15) is 77.0 Å². The summed E-state index contributed by atoms with van der Waals surface area (Å²) in [7, 11) is 0. The zero-order chi connectivity index (χ0) is 21.6. The molecule has 0 saturated heterocycles. The van der Waals surface area contributed by atoms with Gasteiger partial charge in [0.2, 0.25) is 0 Å². The Morgan fingerprint density at radius 1 is 0.533 bits per heavy atom. The maximum Gasteiger partial charge on any atom is 0.394 e. The molecule has 8 aliphatic rings. The fraction of sp³-hybridized carbons (Fsp3) is 1.00. The van der Waals surface area contributed by atoms with Gasteiger partial charge in [-0.3, -0.25) is 0 Å². The van der Waals surface area contributed by atoms with Crippen molar-refractivity contribution in [2.45, 2.75) is 98.1 Å². The maximum absolute atomic E-state index is 14.5. The van der Waals surface area contributed by atoms with Crippen LogP contribution in [0.5, 0.6) is 0 Å². The number of halogens is 8. The quantitative estimate of drug-likeness (QED) is 0.222. The zero-order valence-electron chi connectivity index (χ0n) is 16.7. The van der Waals surface area contributed by atoms with Crippen molar-refractivity contribution in [3.05, 3.63) is 0 Å². The fourth-order valence-electron chi connectivity index (χ4n) is 10.4. The van der Waals surface area contributed by atoms with Crippen LogP contribution >= 0.6 is 31.9 Å². The molecule has 0 spiro atoms. The van der Waals surface area contributed by atoms with Crippen molar-refractivity contribution in [1.82, 2.24) is 0 Å². The standard InChI is InChI=1S/C22H26Br2F6/c23-19-4-13-1-14(5-19)3-15(2-13,9-19)16-6-17(21(25,26)27)8-18(7-16,22(28,29)30)12-20(24,10-16)11-17/h13-14H,1-12H2. The predicted molar refractivity (Wildman–Crippen MR) is 108 cm³/mol. The van der Waals surface area contributed by atoms with Crippen molar-refractivity contribution in [3.63, 3.8) is 0 Å². The highest BCUT2D eigenvalue weighted by molar-refractivity contribution is 9.10. The van der Waals surface area contributed by atoms with Gasteiger partial charge in [-0.05, 0) is 99.7 Å². The molecule has 0 N–H and O–H groups in total. The summed E-state index contributed by atoms with van der Waals surface area (Å²) in [6.07, 6.45) is -4.59. The van der Waals surface area contributed by atoms with Crippen molar-refractivity contribution in [2.24, 2.45) is 33.5 Å². The van der Waals surface area contributed by atoms with E-state index in [1.165, 1.54) is 0 Å². The minimum absolute atomic E-state index is 0.0866. The lowest BCUT2D eigenvalue weighted by Crippen LogP contribution is -2.73. The zero-order valence-corrected chi connectivity index (χ0v) is 19.8. The first-order chi connectivity index (χ1) is 13.6. The molecular weight excluding hydrogens is 538 g/mol. The van der Waals surface area contributed by atoms with Crippen molar-refractivity contribution in [3.8, 4) is 0 Å². The first-order valence-corrected chi connectivity index (χ1v) is 12.7. The van der Waals surface area contributed by atoms with Crippen molar-refractivity contribution in [1.29, 1.82) is 0 Å². The monoisotopic (exact) mass is 562 g/mol. The van der Waals surface area contributed by atoms with Gasteiger partial charge < -0.3 is 0 Å². The van der Waals surface area contributed by atoms with E-state index in [0.29, 0.717) is 18.3 Å². The summed E-state index contributed by atoms with van der Waals surface area (Å²) in [5, 5.41) is 0. The van der Waals surface area contributed by atoms with Crippen LogP contribution in [0.3, 0.4) is 0 Å². The first-order valence-electron chi connectivity index (χ1n) is 11.1. The van der Waals surface area contributed by atoms with Crippen LogP contribution in [-0.2, 0) is 0 Å². The Bertz CT molecular complexity index is 756. The summed E-state index contributed by atoms with van der Waals surface area (Å²) in [5.74, 6) is 0.877. The van der Waals surface area contributed by atoms with Crippen molar-refractivity contribution in [2.75, 3.05) is 0 Å². The van der Waals surface area contributed by atoms with E-state index in [2.05, 4.69) is 31.9 Å². The highest BCUT2D eigenvalue weighted by Gasteiger charge is 2.82. The molecule has 30 heavy (non-hydrogen) atoms. The molecule has 4 unspecified atom stereocenters. The van der Waals surface area contributed by atoms with E-state index in [1.807, 2.05) is 0 Å². The minimum Gasteiger partial charge on any atom is -0.171 e. The molecule has 0 radical (unpaired) electrons. The molecule has 0 amide bonds. The van der Waals surface area contributed by atoms with Gasteiger partial charge >= 0.3 is 12.4 Å². The smallest absolute Gasteiger partial charge is 0.171 e. The van der Waals surface area contributed by atoms with E-state index >= 15 is 0 Å². The highest BCUT2D eigenvalue weighted by Crippen LogP contribution is 2.84. The molecule has 0 nitrogen and oxygen atoms in total. The molecule has 0 aromatic heterocycles. The molecular formula is C22H26Br2F6. The highest BCUT2D eigenvalue weighted by atomic mass is 79.9. The van der Waals surface area contributed by atoms with Gasteiger partial charge in [0.1, 0.15) is 0 Å². The van der Waals surface area contributed by atoms with Gasteiger partial charge in [0.25, 0.3) is 0 Å². The molecule has 8 heteroatoms. The van der Waals surface area contributed by atoms with Crippen LogP contribution in [0.2, 0.25) is 0 Å². The Morgan fingerprint density at radius 2 is 1.00 bits per heavy atom. The number of rotatable bonds is 1. The normalized spacial score (nSPS) is 59.2. The second kappa shape index (κ2) is 5.43. The Morgan fingerprint density at radius 3 is 1.43 bits per heavy atom. The van der Waals surface area contributed by atoms with Crippen LogP contribution in [0.4, 0.5) is 26.3 Å². The summed E-state index contributed by atoms with van der Waals surface area (Å²) in [6, 6.07) is 0. The Balaban J connectivity index is 1.54. The van der Waals surface area contributed by atoms with Gasteiger partial charge in [-0.1, -0.05) is 31.9 Å². The molecule has 8 fully saturated rings. The number of hydrogen-bond acceptors (Lipinski definition) is 0. The van der Waals surface area contributed by atoms with Crippen LogP contribution < -0.4 is 0 Å². The van der Waals surface area contributed by atoms with E-state index in [1.54, 1.807) is 0 Å². The van der Waals surface area contributed by atoms with Crippen LogP contribution in [0, 0.1) is 33.5 Å². The SMILES string of the molecule is FC(F)(F)C12CC3(Br)CC(C(F)(F)F)(C1)CC(C14CC5CC(CC(Br)(C5)C1)C4)(C3)C2. The van der Waals surface area contributed by atoms with Crippen molar-refractivity contribution >= 4 is 31.9 Å². The molecule has 4 atom stereocenters. The second-order valence-electron chi connectivity index (χ2n) is 12.4. The van der Waals surface area contributed by atoms with E-state index in [0.717, 1.165) is 38.5 Å². The van der Waals surface area contributed by atoms with E-state index in [9.17, 15) is 26.3 Å². The maximum atomic E-state index is 14.5. The largest absolute Gasteiger partial charge is 0.394 e.